The summed E-state index contributed by atoms with van der Waals surface area (Å²) >= 11 is 0. The summed E-state index contributed by atoms with van der Waals surface area (Å²) in [6.45, 7) is 7.93. The minimum atomic E-state index is -0.375. The van der Waals surface area contributed by atoms with Crippen molar-refractivity contribution < 1.29 is 19.1 Å². The van der Waals surface area contributed by atoms with Crippen LogP contribution >= 0.6 is 0 Å². The topological polar surface area (TPSA) is 67.9 Å². The third-order valence-corrected chi connectivity index (χ3v) is 6.03. The lowest BCUT2D eigenvalue weighted by Gasteiger charge is -2.43. The van der Waals surface area contributed by atoms with E-state index in [-0.39, 0.29) is 35.9 Å². The van der Waals surface area contributed by atoms with Crippen LogP contribution in [0.2, 0.25) is 0 Å². The SMILES string of the molecule is CCOC(=O)C(CNC)C[C@H](C(=O)OCC)[C@H]1CCCCN1[C@@H](C)c1ccccc1. The maximum absolute atomic E-state index is 13.0. The summed E-state index contributed by atoms with van der Waals surface area (Å²) in [6.07, 6.45) is 3.55. The van der Waals surface area contributed by atoms with Crippen molar-refractivity contribution in [3.63, 3.8) is 0 Å². The molecule has 6 nitrogen and oxygen atoms in total. The summed E-state index contributed by atoms with van der Waals surface area (Å²) in [6, 6.07) is 10.6. The van der Waals surface area contributed by atoms with Gasteiger partial charge in [-0.25, -0.2) is 0 Å². The number of carbonyl (C=O) groups is 2. The maximum Gasteiger partial charge on any atom is 0.310 e. The van der Waals surface area contributed by atoms with Gasteiger partial charge in [0.1, 0.15) is 0 Å². The summed E-state index contributed by atoms with van der Waals surface area (Å²) in [5.41, 5.74) is 1.24. The van der Waals surface area contributed by atoms with E-state index >= 15 is 0 Å². The molecule has 1 aliphatic heterocycles. The molecule has 1 saturated heterocycles. The van der Waals surface area contributed by atoms with Gasteiger partial charge in [0.15, 0.2) is 0 Å². The average molecular weight is 419 g/mol. The Hall–Kier alpha value is -1.92. The highest BCUT2D eigenvalue weighted by Crippen LogP contribution is 2.35. The minimum Gasteiger partial charge on any atom is -0.466 e. The predicted octanol–water partition coefficient (Wildman–Crippen LogP) is 3.57. The molecular weight excluding hydrogens is 380 g/mol. The van der Waals surface area contributed by atoms with E-state index in [0.717, 1.165) is 25.8 Å². The first-order valence-electron chi connectivity index (χ1n) is 11.3. The van der Waals surface area contributed by atoms with Gasteiger partial charge in [-0.15, -0.1) is 0 Å². The van der Waals surface area contributed by atoms with Crippen LogP contribution in [0.3, 0.4) is 0 Å². The monoisotopic (exact) mass is 418 g/mol. The number of piperidine rings is 1. The van der Waals surface area contributed by atoms with Gasteiger partial charge in [-0.1, -0.05) is 36.8 Å². The number of esters is 2. The number of ether oxygens (including phenoxy) is 2. The molecule has 1 aliphatic rings. The molecular formula is C24H38N2O4. The second-order valence-electron chi connectivity index (χ2n) is 7.99. The first kappa shape index (κ1) is 24.4. The van der Waals surface area contributed by atoms with Crippen LogP contribution in [-0.2, 0) is 19.1 Å². The quantitative estimate of drug-likeness (QED) is 0.554. The van der Waals surface area contributed by atoms with Crippen molar-refractivity contribution in [2.75, 3.05) is 33.4 Å². The van der Waals surface area contributed by atoms with Crippen LogP contribution in [0, 0.1) is 11.8 Å². The number of nitrogens with one attached hydrogen (secondary N) is 1. The van der Waals surface area contributed by atoms with E-state index in [1.165, 1.54) is 5.56 Å². The van der Waals surface area contributed by atoms with Gasteiger partial charge in [-0.3, -0.25) is 14.5 Å². The summed E-state index contributed by atoms with van der Waals surface area (Å²) < 4.78 is 10.8. The van der Waals surface area contributed by atoms with Gasteiger partial charge in [0, 0.05) is 18.6 Å². The van der Waals surface area contributed by atoms with E-state index in [1.54, 1.807) is 0 Å². The molecule has 0 aromatic heterocycles. The first-order chi connectivity index (χ1) is 14.5. The van der Waals surface area contributed by atoms with E-state index in [4.69, 9.17) is 9.47 Å². The number of hydrogen-bond acceptors (Lipinski definition) is 6. The summed E-state index contributed by atoms with van der Waals surface area (Å²) in [5.74, 6) is -1.20. The minimum absolute atomic E-state index is 0.0433. The lowest BCUT2D eigenvalue weighted by atomic mass is 9.82. The van der Waals surface area contributed by atoms with Gasteiger partial charge in [-0.05, 0) is 59.2 Å². The highest BCUT2D eigenvalue weighted by Gasteiger charge is 2.40. The van der Waals surface area contributed by atoms with Crippen molar-refractivity contribution >= 4 is 11.9 Å². The molecule has 168 valence electrons. The highest BCUT2D eigenvalue weighted by atomic mass is 16.5. The van der Waals surface area contributed by atoms with Crippen LogP contribution < -0.4 is 5.32 Å². The Kier molecular flexibility index (Phi) is 10.3. The molecule has 0 aliphatic carbocycles. The van der Waals surface area contributed by atoms with Gasteiger partial charge in [0.2, 0.25) is 0 Å². The van der Waals surface area contributed by atoms with E-state index < -0.39 is 0 Å². The van der Waals surface area contributed by atoms with E-state index in [0.29, 0.717) is 26.2 Å². The molecule has 0 saturated carbocycles. The molecule has 0 amide bonds. The van der Waals surface area contributed by atoms with Crippen molar-refractivity contribution in [1.29, 1.82) is 0 Å². The molecule has 0 bridgehead atoms. The number of nitrogens with zero attached hydrogens (tertiary/aromatic N) is 1. The number of benzene rings is 1. The largest absolute Gasteiger partial charge is 0.466 e. The third-order valence-electron chi connectivity index (χ3n) is 6.03. The van der Waals surface area contributed by atoms with Gasteiger partial charge in [0.25, 0.3) is 0 Å². The maximum atomic E-state index is 13.0. The second-order valence-corrected chi connectivity index (χ2v) is 7.99. The Labute approximate surface area is 181 Å². The molecule has 1 unspecified atom stereocenters. The molecule has 4 atom stereocenters. The summed E-state index contributed by atoms with van der Waals surface area (Å²) in [7, 11) is 1.82. The van der Waals surface area contributed by atoms with Crippen LogP contribution in [0.4, 0.5) is 0 Å². The summed E-state index contributed by atoms with van der Waals surface area (Å²) in [4.78, 5) is 28.0. The summed E-state index contributed by atoms with van der Waals surface area (Å²) in [5, 5.41) is 3.08. The van der Waals surface area contributed by atoms with Crippen LogP contribution in [0.25, 0.3) is 0 Å². The molecule has 1 aromatic rings. The van der Waals surface area contributed by atoms with Crippen LogP contribution in [0.1, 0.15) is 58.1 Å². The van der Waals surface area contributed by atoms with Crippen molar-refractivity contribution in [2.45, 2.75) is 58.5 Å². The smallest absolute Gasteiger partial charge is 0.310 e. The fourth-order valence-corrected chi connectivity index (χ4v) is 4.55. The van der Waals surface area contributed by atoms with E-state index in [1.807, 2.05) is 27.0 Å². The lowest BCUT2D eigenvalue weighted by Crippen LogP contribution is -2.49. The van der Waals surface area contributed by atoms with Crippen molar-refractivity contribution in [3.8, 4) is 0 Å². The van der Waals surface area contributed by atoms with Crippen molar-refractivity contribution in [3.05, 3.63) is 35.9 Å². The molecule has 30 heavy (non-hydrogen) atoms. The Morgan fingerprint density at radius 2 is 1.77 bits per heavy atom. The molecule has 0 radical (unpaired) electrons. The number of carbonyl (C=O) groups excluding carboxylic acids is 2. The Balaban J connectivity index is 2.29. The highest BCUT2D eigenvalue weighted by molar-refractivity contribution is 5.76. The van der Waals surface area contributed by atoms with Crippen LogP contribution in [-0.4, -0.2) is 56.2 Å². The Bertz CT molecular complexity index is 652. The molecule has 6 heteroatoms. The molecule has 2 rings (SSSR count). The zero-order valence-electron chi connectivity index (χ0n) is 18.9. The van der Waals surface area contributed by atoms with E-state index in [9.17, 15) is 9.59 Å². The standard InChI is InChI=1S/C24H38N2O4/c1-5-29-23(27)20(17-25-4)16-21(24(28)30-6-2)22-14-10-11-15-26(22)18(3)19-12-8-7-9-13-19/h7-9,12-13,18,20-22,25H,5-6,10-11,14-17H2,1-4H3/t18-,20?,21-,22+/m0/s1. The van der Waals surface area contributed by atoms with Gasteiger partial charge in [0.05, 0.1) is 25.0 Å². The fraction of sp³-hybridized carbons (Fsp3) is 0.667. The molecule has 1 heterocycles. The fourth-order valence-electron chi connectivity index (χ4n) is 4.55. The van der Waals surface area contributed by atoms with Crippen LogP contribution in [0.15, 0.2) is 30.3 Å². The normalized spacial score (nSPS) is 20.2. The third kappa shape index (κ3) is 6.54. The predicted molar refractivity (Wildman–Crippen MR) is 118 cm³/mol. The van der Waals surface area contributed by atoms with Crippen molar-refractivity contribution in [1.82, 2.24) is 10.2 Å². The van der Waals surface area contributed by atoms with Gasteiger partial charge in [-0.2, -0.15) is 0 Å². The van der Waals surface area contributed by atoms with Crippen molar-refractivity contribution in [2.24, 2.45) is 11.8 Å². The lowest BCUT2D eigenvalue weighted by molar-refractivity contribution is -0.155. The molecule has 1 fully saturated rings. The second kappa shape index (κ2) is 12.7. The molecule has 1 N–H and O–H groups in total. The number of rotatable bonds is 11. The number of likely N-dealkylation sites (tertiary alicyclic amines) is 1. The molecule has 1 aromatic carbocycles. The van der Waals surface area contributed by atoms with Gasteiger partial charge >= 0.3 is 11.9 Å². The zero-order chi connectivity index (χ0) is 21.9. The Morgan fingerprint density at radius 3 is 2.40 bits per heavy atom. The zero-order valence-corrected chi connectivity index (χ0v) is 18.9. The number of hydrogen-bond donors (Lipinski definition) is 1. The van der Waals surface area contributed by atoms with E-state index in [2.05, 4.69) is 41.4 Å². The van der Waals surface area contributed by atoms with Gasteiger partial charge < -0.3 is 14.8 Å². The molecule has 0 spiro atoms. The average Bonchev–Trinajstić information content (AvgIpc) is 2.77. The first-order valence-corrected chi connectivity index (χ1v) is 11.3. The Morgan fingerprint density at radius 1 is 1.10 bits per heavy atom. The van der Waals surface area contributed by atoms with Crippen LogP contribution in [0.5, 0.6) is 0 Å².